The first-order valence-electron chi connectivity index (χ1n) is 9.06. The molecule has 0 radical (unpaired) electrons. The number of piperidine rings is 1. The van der Waals surface area contributed by atoms with Gasteiger partial charge in [0.1, 0.15) is 0 Å². The molecule has 1 fully saturated rings. The van der Waals surface area contributed by atoms with Crippen molar-refractivity contribution in [2.24, 2.45) is 5.92 Å². The van der Waals surface area contributed by atoms with Crippen LogP contribution in [0.3, 0.4) is 0 Å². The predicted octanol–water partition coefficient (Wildman–Crippen LogP) is 4.09. The molecule has 1 aliphatic heterocycles. The minimum absolute atomic E-state index is 0.0288. The molecule has 142 valence electrons. The second-order valence-electron chi connectivity index (χ2n) is 6.76. The maximum absolute atomic E-state index is 12.5. The number of hydrogen-bond donors (Lipinski definition) is 1. The molecule has 0 aliphatic carbocycles. The molecule has 1 atom stereocenters. The van der Waals surface area contributed by atoms with Gasteiger partial charge in [-0.1, -0.05) is 53.5 Å². The Morgan fingerprint density at radius 1 is 1.11 bits per heavy atom. The standard InChI is InChI=1S/C21H22Cl2N2O2/c22-18-8-5-15(6-9-18)11-12-25-14-17(7-10-20(25)26)21(27)24-13-16-3-1-2-4-19(16)23/h1-6,8-9,17H,7,10-14H2,(H,24,27)/t17-/m1/s1. The predicted molar refractivity (Wildman–Crippen MR) is 108 cm³/mol. The van der Waals surface area contributed by atoms with Crippen LogP contribution in [0.1, 0.15) is 24.0 Å². The average molecular weight is 405 g/mol. The molecule has 1 N–H and O–H groups in total. The van der Waals surface area contributed by atoms with E-state index in [4.69, 9.17) is 23.2 Å². The summed E-state index contributed by atoms with van der Waals surface area (Å²) < 4.78 is 0. The summed E-state index contributed by atoms with van der Waals surface area (Å²) in [5, 5.41) is 4.29. The van der Waals surface area contributed by atoms with E-state index >= 15 is 0 Å². The number of nitrogens with zero attached hydrogens (tertiary/aromatic N) is 1. The van der Waals surface area contributed by atoms with Crippen molar-refractivity contribution < 1.29 is 9.59 Å². The molecule has 1 heterocycles. The topological polar surface area (TPSA) is 49.4 Å². The molecule has 6 heteroatoms. The second-order valence-corrected chi connectivity index (χ2v) is 7.60. The van der Waals surface area contributed by atoms with Crippen LogP contribution in [-0.2, 0) is 22.6 Å². The summed E-state index contributed by atoms with van der Waals surface area (Å²) in [7, 11) is 0. The quantitative estimate of drug-likeness (QED) is 0.787. The lowest BCUT2D eigenvalue weighted by atomic mass is 9.96. The van der Waals surface area contributed by atoms with Crippen molar-refractivity contribution in [2.45, 2.75) is 25.8 Å². The largest absolute Gasteiger partial charge is 0.352 e. The van der Waals surface area contributed by atoms with Crippen LogP contribution < -0.4 is 5.32 Å². The first-order valence-corrected chi connectivity index (χ1v) is 9.82. The van der Waals surface area contributed by atoms with Crippen molar-refractivity contribution >= 4 is 35.0 Å². The SMILES string of the molecule is O=C(NCc1ccccc1Cl)[C@@H]1CCC(=O)N(CCc2ccc(Cl)cc2)C1. The number of carbonyl (C=O) groups excluding carboxylic acids is 2. The fraction of sp³-hybridized carbons (Fsp3) is 0.333. The summed E-state index contributed by atoms with van der Waals surface area (Å²) in [5.41, 5.74) is 2.01. The third-order valence-electron chi connectivity index (χ3n) is 4.87. The highest BCUT2D eigenvalue weighted by Gasteiger charge is 2.29. The normalized spacial score (nSPS) is 17.0. The number of nitrogens with one attached hydrogen (secondary N) is 1. The van der Waals surface area contributed by atoms with E-state index in [0.717, 1.165) is 17.5 Å². The fourth-order valence-electron chi connectivity index (χ4n) is 3.23. The lowest BCUT2D eigenvalue weighted by molar-refractivity contribution is -0.138. The van der Waals surface area contributed by atoms with Gasteiger partial charge in [0.15, 0.2) is 0 Å². The maximum atomic E-state index is 12.5. The van der Waals surface area contributed by atoms with Crippen LogP contribution >= 0.6 is 23.2 Å². The van der Waals surface area contributed by atoms with Gasteiger partial charge in [-0.25, -0.2) is 0 Å². The molecule has 0 unspecified atom stereocenters. The van der Waals surface area contributed by atoms with Gasteiger partial charge in [-0.3, -0.25) is 9.59 Å². The van der Waals surface area contributed by atoms with E-state index in [1.165, 1.54) is 0 Å². The Kier molecular flexibility index (Phi) is 6.75. The van der Waals surface area contributed by atoms with Crippen molar-refractivity contribution in [2.75, 3.05) is 13.1 Å². The molecule has 3 rings (SSSR count). The van der Waals surface area contributed by atoms with Gasteiger partial charge >= 0.3 is 0 Å². The van der Waals surface area contributed by atoms with Crippen molar-refractivity contribution in [1.82, 2.24) is 10.2 Å². The van der Waals surface area contributed by atoms with Crippen LogP contribution in [0.4, 0.5) is 0 Å². The number of halogens is 2. The Morgan fingerprint density at radius 2 is 1.85 bits per heavy atom. The number of hydrogen-bond acceptors (Lipinski definition) is 2. The lowest BCUT2D eigenvalue weighted by Gasteiger charge is -2.32. The van der Waals surface area contributed by atoms with Crippen molar-refractivity contribution in [1.29, 1.82) is 0 Å². The van der Waals surface area contributed by atoms with Gasteiger partial charge in [0.25, 0.3) is 0 Å². The van der Waals surface area contributed by atoms with E-state index in [9.17, 15) is 9.59 Å². The maximum Gasteiger partial charge on any atom is 0.225 e. The Bertz CT molecular complexity index is 808. The van der Waals surface area contributed by atoms with Gasteiger partial charge < -0.3 is 10.2 Å². The molecule has 2 aromatic rings. The summed E-state index contributed by atoms with van der Waals surface area (Å²) in [6.45, 7) is 1.46. The van der Waals surface area contributed by atoms with E-state index in [0.29, 0.717) is 42.5 Å². The second kappa shape index (κ2) is 9.25. The van der Waals surface area contributed by atoms with E-state index in [1.54, 1.807) is 11.0 Å². The average Bonchev–Trinajstić information content (AvgIpc) is 2.68. The van der Waals surface area contributed by atoms with Gasteiger partial charge in [0.2, 0.25) is 11.8 Å². The van der Waals surface area contributed by atoms with E-state index in [1.807, 2.05) is 42.5 Å². The fourth-order valence-corrected chi connectivity index (χ4v) is 3.56. The van der Waals surface area contributed by atoms with Crippen LogP contribution in [0.5, 0.6) is 0 Å². The highest BCUT2D eigenvalue weighted by Crippen LogP contribution is 2.20. The van der Waals surface area contributed by atoms with Crippen molar-refractivity contribution in [3.63, 3.8) is 0 Å². The third kappa shape index (κ3) is 5.47. The summed E-state index contributed by atoms with van der Waals surface area (Å²) >= 11 is 12.0. The molecule has 0 bridgehead atoms. The highest BCUT2D eigenvalue weighted by atomic mass is 35.5. The monoisotopic (exact) mass is 404 g/mol. The smallest absolute Gasteiger partial charge is 0.225 e. The summed E-state index contributed by atoms with van der Waals surface area (Å²) in [6.07, 6.45) is 1.74. The molecule has 0 saturated carbocycles. The zero-order valence-electron chi connectivity index (χ0n) is 15.0. The molecule has 0 aromatic heterocycles. The molecule has 2 amide bonds. The first kappa shape index (κ1) is 19.7. The molecule has 27 heavy (non-hydrogen) atoms. The van der Waals surface area contributed by atoms with Crippen LogP contribution in [0, 0.1) is 5.92 Å². The Balaban J connectivity index is 1.52. The van der Waals surface area contributed by atoms with Crippen LogP contribution in [-0.4, -0.2) is 29.8 Å². The van der Waals surface area contributed by atoms with Gasteiger partial charge in [-0.2, -0.15) is 0 Å². The van der Waals surface area contributed by atoms with Crippen LogP contribution in [0.15, 0.2) is 48.5 Å². The minimum Gasteiger partial charge on any atom is -0.352 e. The first-order chi connectivity index (χ1) is 13.0. The zero-order chi connectivity index (χ0) is 19.2. The van der Waals surface area contributed by atoms with E-state index < -0.39 is 0 Å². The van der Waals surface area contributed by atoms with E-state index in [2.05, 4.69) is 5.32 Å². The number of carbonyl (C=O) groups is 2. The lowest BCUT2D eigenvalue weighted by Crippen LogP contribution is -2.46. The van der Waals surface area contributed by atoms with Crippen LogP contribution in [0.25, 0.3) is 0 Å². The summed E-state index contributed by atoms with van der Waals surface area (Å²) in [6, 6.07) is 15.1. The molecule has 0 spiro atoms. The van der Waals surface area contributed by atoms with Gasteiger partial charge in [0, 0.05) is 36.1 Å². The molecule has 1 aliphatic rings. The van der Waals surface area contributed by atoms with Gasteiger partial charge in [-0.05, 0) is 42.2 Å². The van der Waals surface area contributed by atoms with Gasteiger partial charge in [0.05, 0.1) is 5.92 Å². The molecular weight excluding hydrogens is 383 g/mol. The molecule has 1 saturated heterocycles. The number of rotatable bonds is 6. The minimum atomic E-state index is -0.185. The van der Waals surface area contributed by atoms with E-state index in [-0.39, 0.29) is 17.7 Å². The van der Waals surface area contributed by atoms with Gasteiger partial charge in [-0.15, -0.1) is 0 Å². The van der Waals surface area contributed by atoms with Crippen molar-refractivity contribution in [3.8, 4) is 0 Å². The Hall–Kier alpha value is -2.04. The number of likely N-dealkylation sites (tertiary alicyclic amines) is 1. The molecule has 4 nitrogen and oxygen atoms in total. The Morgan fingerprint density at radius 3 is 2.59 bits per heavy atom. The highest BCUT2D eigenvalue weighted by molar-refractivity contribution is 6.31. The molecular formula is C21H22Cl2N2O2. The summed E-state index contributed by atoms with van der Waals surface area (Å²) in [4.78, 5) is 26.5. The summed E-state index contributed by atoms with van der Waals surface area (Å²) in [5.74, 6) is -0.103. The zero-order valence-corrected chi connectivity index (χ0v) is 16.5. The van der Waals surface area contributed by atoms with Crippen molar-refractivity contribution in [3.05, 3.63) is 69.7 Å². The number of benzene rings is 2. The molecule has 2 aromatic carbocycles. The number of amides is 2. The third-order valence-corrected chi connectivity index (χ3v) is 5.49. The van der Waals surface area contributed by atoms with Crippen LogP contribution in [0.2, 0.25) is 10.0 Å². The Labute approximate surface area is 169 Å².